The largest absolute Gasteiger partial charge is 0.455 e. The second kappa shape index (κ2) is 21.1. The lowest BCUT2D eigenvalue weighted by Gasteiger charge is -2.34. The van der Waals surface area contributed by atoms with Crippen molar-refractivity contribution in [2.75, 3.05) is 52.4 Å². The third-order valence-corrected chi connectivity index (χ3v) is 9.86. The van der Waals surface area contributed by atoms with Gasteiger partial charge in [-0.1, -0.05) is 35.4 Å². The van der Waals surface area contributed by atoms with Crippen molar-refractivity contribution in [1.82, 2.24) is 81.2 Å². The van der Waals surface area contributed by atoms with Crippen LogP contribution in [0.2, 0.25) is 0 Å². The summed E-state index contributed by atoms with van der Waals surface area (Å²) in [4.78, 5) is 42.7. The van der Waals surface area contributed by atoms with Gasteiger partial charge in [0, 0.05) is 89.0 Å². The standard InChI is InChI=1S/C22H28N8O3.C13H18N6.C8H12N2O2/c1-15-5-6-16(17(13-15)19-23-26-27-24-19)14-28-9-11-29(12-10-28)21(32)30-8-7-18(25-30)20(31)33-22(2,3)4;1-10-2-3-11(9-19-6-4-14-5-7-19)12(8-10)13-15-17-18-16-13;1-8(2,3)12-7(11)6-4-5-9-10-6/h5-8,13H,9-12,14H2,1-4H3,(H,23,24,26,27);2-3,8,14H,4-7,9H2,1H3,(H,15,16,17,18);4-5H,1-3H3,(H,9,10). The maximum absolute atomic E-state index is 12.9. The van der Waals surface area contributed by atoms with Gasteiger partial charge in [0.1, 0.15) is 16.9 Å². The van der Waals surface area contributed by atoms with Crippen LogP contribution in [0.3, 0.4) is 0 Å². The van der Waals surface area contributed by atoms with Crippen LogP contribution in [0.5, 0.6) is 0 Å². The molecule has 0 atom stereocenters. The molecule has 0 saturated carbocycles. The number of aromatic amines is 3. The van der Waals surface area contributed by atoms with Gasteiger partial charge in [-0.2, -0.15) is 25.3 Å². The summed E-state index contributed by atoms with van der Waals surface area (Å²) in [5, 5.41) is 42.5. The molecule has 340 valence electrons. The number of amides is 1. The maximum atomic E-state index is 12.9. The van der Waals surface area contributed by atoms with Crippen LogP contribution >= 0.6 is 0 Å². The van der Waals surface area contributed by atoms with Crippen LogP contribution < -0.4 is 5.32 Å². The average Bonchev–Trinajstić information content (AvgIpc) is 4.11. The molecular weight excluding hydrogens is 821 g/mol. The molecule has 21 nitrogen and oxygen atoms in total. The number of benzene rings is 2. The molecule has 6 heterocycles. The quantitative estimate of drug-likeness (QED) is 0.158. The molecule has 1 amide bonds. The van der Waals surface area contributed by atoms with E-state index in [-0.39, 0.29) is 17.7 Å². The van der Waals surface area contributed by atoms with E-state index in [1.807, 2.05) is 27.7 Å². The Morgan fingerprint density at radius 1 is 0.672 bits per heavy atom. The van der Waals surface area contributed by atoms with Gasteiger partial charge in [0.15, 0.2) is 5.69 Å². The molecule has 0 bridgehead atoms. The Morgan fingerprint density at radius 2 is 1.20 bits per heavy atom. The normalized spacial score (nSPS) is 14.8. The van der Waals surface area contributed by atoms with Crippen molar-refractivity contribution >= 4 is 18.0 Å². The maximum Gasteiger partial charge on any atom is 0.359 e. The molecule has 0 unspecified atom stereocenters. The van der Waals surface area contributed by atoms with E-state index in [0.29, 0.717) is 43.5 Å². The minimum absolute atomic E-state index is 0.116. The number of nitrogens with one attached hydrogen (secondary N) is 4. The van der Waals surface area contributed by atoms with Crippen molar-refractivity contribution in [2.24, 2.45) is 0 Å². The Morgan fingerprint density at radius 3 is 1.69 bits per heavy atom. The Labute approximate surface area is 371 Å². The van der Waals surface area contributed by atoms with Gasteiger partial charge in [-0.3, -0.25) is 14.9 Å². The molecule has 2 fully saturated rings. The number of aromatic nitrogens is 12. The monoisotopic (exact) mass is 878 g/mol. The van der Waals surface area contributed by atoms with Crippen molar-refractivity contribution in [2.45, 2.75) is 79.7 Å². The van der Waals surface area contributed by atoms with Crippen molar-refractivity contribution in [1.29, 1.82) is 0 Å². The number of carbonyl (C=O) groups excluding carboxylic acids is 3. The number of H-pyrrole nitrogens is 3. The van der Waals surface area contributed by atoms with Crippen LogP contribution in [0.4, 0.5) is 4.79 Å². The highest BCUT2D eigenvalue weighted by molar-refractivity contribution is 5.88. The molecular formula is C43H58N16O5. The van der Waals surface area contributed by atoms with Gasteiger partial charge in [0.2, 0.25) is 11.6 Å². The summed E-state index contributed by atoms with van der Waals surface area (Å²) in [6.07, 6.45) is 3.01. The molecule has 6 aromatic rings. The number of piperazine rings is 2. The Kier molecular flexibility index (Phi) is 15.4. The molecule has 4 aromatic heterocycles. The zero-order valence-corrected chi connectivity index (χ0v) is 37.8. The molecule has 2 aromatic carbocycles. The van der Waals surface area contributed by atoms with Crippen LogP contribution in [-0.4, -0.2) is 157 Å². The molecule has 0 radical (unpaired) electrons. The number of aryl methyl sites for hydroxylation is 2. The predicted octanol–water partition coefficient (Wildman–Crippen LogP) is 4.06. The summed E-state index contributed by atoms with van der Waals surface area (Å²) in [5.41, 5.74) is 6.15. The smallest absolute Gasteiger partial charge is 0.359 e. The first-order valence-corrected chi connectivity index (χ1v) is 21.1. The fourth-order valence-electron chi connectivity index (χ4n) is 6.79. The van der Waals surface area contributed by atoms with E-state index in [1.165, 1.54) is 34.3 Å². The van der Waals surface area contributed by atoms with Gasteiger partial charge in [0.05, 0.1) is 0 Å². The summed E-state index contributed by atoms with van der Waals surface area (Å²) in [7, 11) is 0. The highest BCUT2D eigenvalue weighted by Gasteiger charge is 2.26. The summed E-state index contributed by atoms with van der Waals surface area (Å²) in [6.45, 7) is 23.4. The van der Waals surface area contributed by atoms with Crippen LogP contribution in [0, 0.1) is 13.8 Å². The molecule has 4 N–H and O–H groups in total. The van der Waals surface area contributed by atoms with E-state index in [9.17, 15) is 14.4 Å². The molecule has 8 rings (SSSR count). The van der Waals surface area contributed by atoms with Crippen LogP contribution in [0.1, 0.15) is 84.8 Å². The highest BCUT2D eigenvalue weighted by atomic mass is 16.6. The number of hydrogen-bond acceptors (Lipinski definition) is 16. The van der Waals surface area contributed by atoms with Gasteiger partial charge >= 0.3 is 18.0 Å². The first kappa shape index (κ1) is 46.8. The fourth-order valence-corrected chi connectivity index (χ4v) is 6.79. The minimum atomic E-state index is -0.623. The summed E-state index contributed by atoms with van der Waals surface area (Å²) < 4.78 is 11.6. The third-order valence-electron chi connectivity index (χ3n) is 9.86. The van der Waals surface area contributed by atoms with Gasteiger partial charge in [0.25, 0.3) is 0 Å². The van der Waals surface area contributed by atoms with Crippen molar-refractivity contribution in [3.05, 3.63) is 94.6 Å². The second-order valence-electron chi connectivity index (χ2n) is 17.5. The van der Waals surface area contributed by atoms with Crippen molar-refractivity contribution < 1.29 is 23.9 Å². The summed E-state index contributed by atoms with van der Waals surface area (Å²) in [6, 6.07) is 15.5. The van der Waals surface area contributed by atoms with Gasteiger partial charge in [-0.15, -0.1) is 20.4 Å². The molecule has 2 aliphatic heterocycles. The Bertz CT molecular complexity index is 2400. The van der Waals surface area contributed by atoms with E-state index < -0.39 is 17.2 Å². The average molecular weight is 879 g/mol. The van der Waals surface area contributed by atoms with Gasteiger partial charge in [-0.05, 0) is 101 Å². The minimum Gasteiger partial charge on any atom is -0.455 e. The first-order chi connectivity index (χ1) is 30.5. The van der Waals surface area contributed by atoms with Crippen molar-refractivity contribution in [3.8, 4) is 22.8 Å². The second-order valence-corrected chi connectivity index (χ2v) is 17.5. The molecule has 0 aliphatic carbocycles. The third kappa shape index (κ3) is 13.6. The fraction of sp³-hybridized carbons (Fsp3) is 0.465. The summed E-state index contributed by atoms with van der Waals surface area (Å²) in [5.74, 6) is 0.324. The lowest BCUT2D eigenvalue weighted by Crippen LogP contribution is -2.49. The molecule has 2 aliphatic rings. The van der Waals surface area contributed by atoms with Crippen LogP contribution in [0.15, 0.2) is 60.9 Å². The van der Waals surface area contributed by atoms with E-state index in [4.69, 9.17) is 9.47 Å². The number of hydrogen-bond donors (Lipinski definition) is 4. The number of rotatable bonds is 8. The van der Waals surface area contributed by atoms with E-state index in [1.54, 1.807) is 31.7 Å². The lowest BCUT2D eigenvalue weighted by atomic mass is 10.0. The van der Waals surface area contributed by atoms with E-state index >= 15 is 0 Å². The van der Waals surface area contributed by atoms with Gasteiger partial charge in [-0.25, -0.2) is 14.4 Å². The SMILES string of the molecule is CC(C)(C)OC(=O)c1ccn[nH]1.Cc1ccc(CN2CCN(C(=O)n3ccc(C(=O)OC(C)(C)C)n3)CC2)c(-c2nn[nH]n2)c1.Cc1ccc(CN2CCNCC2)c(-c2nn[nH]n2)c1. The number of ether oxygens (including phenoxy) is 2. The Balaban J connectivity index is 0.000000183. The lowest BCUT2D eigenvalue weighted by molar-refractivity contribution is 0.00501. The van der Waals surface area contributed by atoms with Crippen LogP contribution in [-0.2, 0) is 22.6 Å². The molecule has 64 heavy (non-hydrogen) atoms. The zero-order chi connectivity index (χ0) is 45.9. The molecule has 21 heteroatoms. The number of carbonyl (C=O) groups is 3. The summed E-state index contributed by atoms with van der Waals surface area (Å²) >= 11 is 0. The molecule has 2 saturated heterocycles. The number of esters is 2. The zero-order valence-electron chi connectivity index (χ0n) is 37.8. The Hall–Kier alpha value is -6.71. The van der Waals surface area contributed by atoms with Crippen molar-refractivity contribution in [3.63, 3.8) is 0 Å². The van der Waals surface area contributed by atoms with E-state index in [2.05, 4.69) is 115 Å². The predicted molar refractivity (Wildman–Crippen MR) is 236 cm³/mol. The van der Waals surface area contributed by atoms with Gasteiger partial charge < -0.3 is 19.7 Å². The van der Waals surface area contributed by atoms with Crippen LogP contribution in [0.25, 0.3) is 22.8 Å². The highest BCUT2D eigenvalue weighted by Crippen LogP contribution is 2.24. The first-order valence-electron chi connectivity index (χ1n) is 21.1. The number of nitrogens with zero attached hydrogens (tertiary/aromatic N) is 12. The van der Waals surface area contributed by atoms with E-state index in [0.717, 1.165) is 61.5 Å². The topological polar surface area (TPSA) is 247 Å². The molecule has 0 spiro atoms. The number of tetrazole rings is 2.